The maximum Gasteiger partial charge on any atom is 0.191 e. The molecule has 0 aliphatic heterocycles. The van der Waals surface area contributed by atoms with E-state index in [0.29, 0.717) is 38.7 Å². The number of benzene rings is 1. The second-order valence-electron chi connectivity index (χ2n) is 5.34. The number of hydrogen-bond donors (Lipinski definition) is 1. The van der Waals surface area contributed by atoms with E-state index < -0.39 is 0 Å². The number of aromatic nitrogens is 4. The predicted octanol–water partition coefficient (Wildman–Crippen LogP) is 4.66. The van der Waals surface area contributed by atoms with Gasteiger partial charge in [0.15, 0.2) is 16.6 Å². The molecule has 0 aliphatic carbocycles. The van der Waals surface area contributed by atoms with Gasteiger partial charge in [-0.1, -0.05) is 54.4 Å². The molecule has 3 rings (SSSR count). The molecule has 0 bridgehead atoms. The van der Waals surface area contributed by atoms with Crippen molar-refractivity contribution in [2.75, 3.05) is 11.5 Å². The molecule has 0 aliphatic rings. The summed E-state index contributed by atoms with van der Waals surface area (Å²) in [6, 6.07) is 5.46. The molecule has 0 saturated carbocycles. The zero-order valence-electron chi connectivity index (χ0n) is 13.2. The Morgan fingerprint density at radius 1 is 1.21 bits per heavy atom. The Balaban J connectivity index is 1.96. The molecule has 24 heavy (non-hydrogen) atoms. The third-order valence-electron chi connectivity index (χ3n) is 3.59. The summed E-state index contributed by atoms with van der Waals surface area (Å²) in [6.07, 6.45) is 3.93. The summed E-state index contributed by atoms with van der Waals surface area (Å²) in [6.45, 7) is 2.63. The van der Waals surface area contributed by atoms with Gasteiger partial charge in [0.25, 0.3) is 0 Å². The van der Waals surface area contributed by atoms with Crippen molar-refractivity contribution in [3.05, 3.63) is 40.1 Å². The third kappa shape index (κ3) is 3.61. The maximum absolute atomic E-state index is 6.26. The standard InChI is InChI=1S/C16H17Cl2N5S/c1-2-3-7-24-16-21-14(19)13-15(22-16)23(9-20-13)8-10-11(17)5-4-6-12(10)18/h4-6,9H,2-3,7-8H2,1H3,(H2,19,21,22). The highest BCUT2D eigenvalue weighted by Gasteiger charge is 2.14. The molecule has 2 N–H and O–H groups in total. The first-order valence-electron chi connectivity index (χ1n) is 7.64. The van der Waals surface area contributed by atoms with Crippen LogP contribution in [0.3, 0.4) is 0 Å². The van der Waals surface area contributed by atoms with E-state index in [-0.39, 0.29) is 0 Å². The van der Waals surface area contributed by atoms with Gasteiger partial charge >= 0.3 is 0 Å². The van der Waals surface area contributed by atoms with E-state index in [0.717, 1.165) is 24.2 Å². The summed E-state index contributed by atoms with van der Waals surface area (Å²) < 4.78 is 1.89. The van der Waals surface area contributed by atoms with Crippen LogP contribution in [-0.2, 0) is 6.54 Å². The molecule has 3 aromatic rings. The van der Waals surface area contributed by atoms with Crippen LogP contribution in [0.2, 0.25) is 10.0 Å². The molecule has 0 spiro atoms. The smallest absolute Gasteiger partial charge is 0.191 e. The molecule has 1 aromatic carbocycles. The summed E-state index contributed by atoms with van der Waals surface area (Å²) in [5, 5.41) is 1.90. The lowest BCUT2D eigenvalue weighted by Crippen LogP contribution is -2.03. The average molecular weight is 382 g/mol. The normalized spacial score (nSPS) is 11.3. The van der Waals surface area contributed by atoms with E-state index in [1.807, 2.05) is 22.8 Å². The Labute approximate surface area is 154 Å². The Morgan fingerprint density at radius 2 is 1.96 bits per heavy atom. The molecule has 2 heterocycles. The van der Waals surface area contributed by atoms with Gasteiger partial charge in [0.2, 0.25) is 0 Å². The SMILES string of the molecule is CCCCSc1nc(N)c2ncn(Cc3c(Cl)cccc3Cl)c2n1. The number of hydrogen-bond acceptors (Lipinski definition) is 5. The number of imidazole rings is 1. The number of nitrogen functional groups attached to an aromatic ring is 1. The quantitative estimate of drug-likeness (QED) is 0.382. The van der Waals surface area contributed by atoms with Crippen molar-refractivity contribution in [2.45, 2.75) is 31.5 Å². The van der Waals surface area contributed by atoms with Crippen LogP contribution in [0.15, 0.2) is 29.7 Å². The number of fused-ring (bicyclic) bond motifs is 1. The Morgan fingerprint density at radius 3 is 2.67 bits per heavy atom. The fraction of sp³-hybridized carbons (Fsp3) is 0.312. The average Bonchev–Trinajstić information content (AvgIpc) is 2.95. The number of thioether (sulfide) groups is 1. The number of nitrogens with two attached hydrogens (primary N) is 1. The summed E-state index contributed by atoms with van der Waals surface area (Å²) in [5.41, 5.74) is 8.15. The highest BCUT2D eigenvalue weighted by molar-refractivity contribution is 7.99. The Kier molecular flexibility index (Phi) is 5.48. The van der Waals surface area contributed by atoms with Gasteiger partial charge in [0.05, 0.1) is 12.9 Å². The van der Waals surface area contributed by atoms with Gasteiger partial charge < -0.3 is 10.3 Å². The first kappa shape index (κ1) is 17.3. The Bertz CT molecular complexity index is 845. The number of nitrogens with zero attached hydrogens (tertiary/aromatic N) is 4. The summed E-state index contributed by atoms with van der Waals surface area (Å²) in [5.74, 6) is 1.36. The van der Waals surface area contributed by atoms with Gasteiger partial charge in [-0.05, 0) is 18.6 Å². The fourth-order valence-corrected chi connectivity index (χ4v) is 3.73. The highest BCUT2D eigenvalue weighted by Crippen LogP contribution is 2.27. The third-order valence-corrected chi connectivity index (χ3v) is 5.23. The lowest BCUT2D eigenvalue weighted by atomic mass is 10.2. The largest absolute Gasteiger partial charge is 0.382 e. The molecule has 0 amide bonds. The van der Waals surface area contributed by atoms with Crippen molar-refractivity contribution >= 4 is 51.9 Å². The van der Waals surface area contributed by atoms with E-state index >= 15 is 0 Å². The van der Waals surface area contributed by atoms with E-state index in [1.165, 1.54) is 0 Å². The van der Waals surface area contributed by atoms with Crippen LogP contribution in [-0.4, -0.2) is 25.3 Å². The zero-order chi connectivity index (χ0) is 17.1. The van der Waals surface area contributed by atoms with Crippen LogP contribution < -0.4 is 5.73 Å². The van der Waals surface area contributed by atoms with Crippen LogP contribution in [0.1, 0.15) is 25.3 Å². The molecule has 0 saturated heterocycles. The van der Waals surface area contributed by atoms with Crippen molar-refractivity contribution in [1.82, 2.24) is 19.5 Å². The highest BCUT2D eigenvalue weighted by atomic mass is 35.5. The molecule has 0 atom stereocenters. The van der Waals surface area contributed by atoms with Crippen molar-refractivity contribution in [2.24, 2.45) is 0 Å². The molecule has 0 fully saturated rings. The molecule has 126 valence electrons. The fourth-order valence-electron chi connectivity index (χ4n) is 2.29. The van der Waals surface area contributed by atoms with Gasteiger partial charge in [-0.2, -0.15) is 0 Å². The van der Waals surface area contributed by atoms with E-state index in [1.54, 1.807) is 18.1 Å². The maximum atomic E-state index is 6.26. The van der Waals surface area contributed by atoms with Crippen molar-refractivity contribution < 1.29 is 0 Å². The minimum atomic E-state index is 0.392. The van der Waals surface area contributed by atoms with Crippen LogP contribution in [0.25, 0.3) is 11.2 Å². The second kappa shape index (κ2) is 7.59. The van der Waals surface area contributed by atoms with Gasteiger partial charge in [0.1, 0.15) is 5.52 Å². The molecule has 8 heteroatoms. The molecule has 0 unspecified atom stereocenters. The van der Waals surface area contributed by atoms with Crippen LogP contribution in [0, 0.1) is 0 Å². The summed E-state index contributed by atoms with van der Waals surface area (Å²) in [4.78, 5) is 13.3. The van der Waals surface area contributed by atoms with Crippen LogP contribution in [0.5, 0.6) is 0 Å². The number of halogens is 2. The predicted molar refractivity (Wildman–Crippen MR) is 101 cm³/mol. The molecular weight excluding hydrogens is 365 g/mol. The minimum absolute atomic E-state index is 0.392. The number of anilines is 1. The zero-order valence-corrected chi connectivity index (χ0v) is 15.5. The molecule has 0 radical (unpaired) electrons. The minimum Gasteiger partial charge on any atom is -0.382 e. The lowest BCUT2D eigenvalue weighted by Gasteiger charge is -2.09. The van der Waals surface area contributed by atoms with Crippen LogP contribution >= 0.6 is 35.0 Å². The van der Waals surface area contributed by atoms with Gasteiger partial charge in [-0.25, -0.2) is 15.0 Å². The van der Waals surface area contributed by atoms with Crippen molar-refractivity contribution in [3.8, 4) is 0 Å². The number of rotatable bonds is 6. The summed E-state index contributed by atoms with van der Waals surface area (Å²) in [7, 11) is 0. The Hall–Kier alpha value is -1.50. The molecule has 2 aromatic heterocycles. The second-order valence-corrected chi connectivity index (χ2v) is 7.21. The van der Waals surface area contributed by atoms with Crippen molar-refractivity contribution in [1.29, 1.82) is 0 Å². The number of unbranched alkanes of at least 4 members (excludes halogenated alkanes) is 1. The first-order chi connectivity index (χ1) is 11.6. The van der Waals surface area contributed by atoms with E-state index in [2.05, 4.69) is 21.9 Å². The lowest BCUT2D eigenvalue weighted by molar-refractivity contribution is 0.804. The summed E-state index contributed by atoms with van der Waals surface area (Å²) >= 11 is 14.1. The van der Waals surface area contributed by atoms with E-state index in [4.69, 9.17) is 28.9 Å². The van der Waals surface area contributed by atoms with E-state index in [9.17, 15) is 0 Å². The monoisotopic (exact) mass is 381 g/mol. The van der Waals surface area contributed by atoms with Gasteiger partial charge in [0, 0.05) is 21.4 Å². The van der Waals surface area contributed by atoms with Gasteiger partial charge in [-0.15, -0.1) is 0 Å². The topological polar surface area (TPSA) is 69.6 Å². The molecular formula is C16H17Cl2N5S. The first-order valence-corrected chi connectivity index (χ1v) is 9.38. The van der Waals surface area contributed by atoms with Gasteiger partial charge in [-0.3, -0.25) is 0 Å². The van der Waals surface area contributed by atoms with Crippen molar-refractivity contribution in [3.63, 3.8) is 0 Å². The molecule has 5 nitrogen and oxygen atoms in total. The van der Waals surface area contributed by atoms with Crippen LogP contribution in [0.4, 0.5) is 5.82 Å².